The minimum atomic E-state index is -3.99. The van der Waals surface area contributed by atoms with Crippen LogP contribution in [-0.4, -0.2) is 24.3 Å². The number of hydrogen-bond donors (Lipinski definition) is 1. The van der Waals surface area contributed by atoms with E-state index < -0.39 is 10.0 Å². The number of fused-ring (bicyclic) bond motifs is 1. The number of aromatic nitrogens is 2. The fourth-order valence-corrected chi connectivity index (χ4v) is 4.12. The highest BCUT2D eigenvalue weighted by atomic mass is 32.2. The van der Waals surface area contributed by atoms with Crippen LogP contribution in [0.2, 0.25) is 0 Å². The van der Waals surface area contributed by atoms with Crippen molar-refractivity contribution < 1.29 is 13.2 Å². The van der Waals surface area contributed by atoms with E-state index in [-0.39, 0.29) is 16.8 Å². The summed E-state index contributed by atoms with van der Waals surface area (Å²) in [5.74, 6) is -0.383. The summed E-state index contributed by atoms with van der Waals surface area (Å²) in [4.78, 5) is 20.8. The summed E-state index contributed by atoms with van der Waals surface area (Å²) in [5, 5.41) is 4.61. The molecule has 1 amide bonds. The molecule has 0 aliphatic heterocycles. The smallest absolute Gasteiger partial charge is 0.256 e. The van der Waals surface area contributed by atoms with E-state index in [1.807, 2.05) is 36.4 Å². The number of nitrogens with zero attached hydrogens (tertiary/aromatic N) is 3. The molecule has 8 heteroatoms. The monoisotopic (exact) mass is 431 g/mol. The average Bonchev–Trinajstić information content (AvgIpc) is 2.72. The van der Waals surface area contributed by atoms with Gasteiger partial charge in [0.05, 0.1) is 4.90 Å². The molecule has 4 aromatic rings. The molecule has 0 atom stereocenters. The number of hydrogen-bond acceptors (Lipinski definition) is 5. The highest BCUT2D eigenvalue weighted by Crippen LogP contribution is 2.26. The van der Waals surface area contributed by atoms with Crippen molar-refractivity contribution in [2.45, 2.75) is 18.7 Å². The van der Waals surface area contributed by atoms with Crippen LogP contribution >= 0.6 is 0 Å². The Morgan fingerprint density at radius 2 is 1.52 bits per heavy atom. The maximum absolute atomic E-state index is 12.8. The first-order valence-electron chi connectivity index (χ1n) is 9.51. The molecule has 0 radical (unpaired) electrons. The molecule has 0 saturated heterocycles. The van der Waals surface area contributed by atoms with Crippen molar-refractivity contribution in [3.8, 4) is 0 Å². The third-order valence-corrected chi connectivity index (χ3v) is 5.89. The summed E-state index contributed by atoms with van der Waals surface area (Å²) < 4.78 is 28.9. The second-order valence-electron chi connectivity index (χ2n) is 7.02. The first kappa shape index (κ1) is 20.5. The number of nitrogens with one attached hydrogen (secondary N) is 1. The van der Waals surface area contributed by atoms with Gasteiger partial charge in [-0.25, -0.2) is 8.42 Å². The SMILES string of the molecule is Cc1cc(C)nc([N-]S(=O)(=O)c2ccc(NC(=O)c3cccc4ccccc34)cc2)n1. The lowest BCUT2D eigenvalue weighted by atomic mass is 10.0. The Kier molecular flexibility index (Phi) is 5.39. The summed E-state index contributed by atoms with van der Waals surface area (Å²) in [5.41, 5.74) is 2.28. The van der Waals surface area contributed by atoms with Crippen LogP contribution in [0.3, 0.4) is 0 Å². The van der Waals surface area contributed by atoms with E-state index >= 15 is 0 Å². The maximum atomic E-state index is 12.8. The Morgan fingerprint density at radius 3 is 2.23 bits per heavy atom. The quantitative estimate of drug-likeness (QED) is 0.484. The molecule has 0 aliphatic carbocycles. The Bertz CT molecular complexity index is 1360. The number of anilines is 1. The molecule has 1 N–H and O–H groups in total. The van der Waals surface area contributed by atoms with E-state index in [0.717, 1.165) is 10.8 Å². The van der Waals surface area contributed by atoms with Crippen molar-refractivity contribution in [2.75, 3.05) is 5.32 Å². The third kappa shape index (κ3) is 4.54. The zero-order valence-corrected chi connectivity index (χ0v) is 17.7. The van der Waals surface area contributed by atoms with Gasteiger partial charge in [0.1, 0.15) is 0 Å². The van der Waals surface area contributed by atoms with Crippen LogP contribution in [0.25, 0.3) is 15.5 Å². The van der Waals surface area contributed by atoms with Gasteiger partial charge in [0, 0.05) is 17.2 Å². The number of aryl methyl sites for hydroxylation is 2. The number of carbonyl (C=O) groups is 1. The van der Waals surface area contributed by atoms with Crippen LogP contribution in [0, 0.1) is 13.8 Å². The molecular weight excluding hydrogens is 412 g/mol. The topological polar surface area (TPSA) is 103 Å². The van der Waals surface area contributed by atoms with Gasteiger partial charge in [0.25, 0.3) is 5.91 Å². The predicted molar refractivity (Wildman–Crippen MR) is 120 cm³/mol. The second-order valence-corrected chi connectivity index (χ2v) is 8.63. The second kappa shape index (κ2) is 8.16. The lowest BCUT2D eigenvalue weighted by Gasteiger charge is -2.15. The van der Waals surface area contributed by atoms with Crippen molar-refractivity contribution in [1.29, 1.82) is 0 Å². The van der Waals surface area contributed by atoms with E-state index in [4.69, 9.17) is 0 Å². The van der Waals surface area contributed by atoms with Crippen molar-refractivity contribution in [1.82, 2.24) is 9.97 Å². The Balaban J connectivity index is 1.53. The highest BCUT2D eigenvalue weighted by molar-refractivity contribution is 7.94. The van der Waals surface area contributed by atoms with Crippen LogP contribution in [0.4, 0.5) is 11.6 Å². The summed E-state index contributed by atoms with van der Waals surface area (Å²) >= 11 is 0. The molecule has 1 heterocycles. The Hall–Kier alpha value is -3.78. The molecule has 0 fully saturated rings. The molecule has 0 unspecified atom stereocenters. The Morgan fingerprint density at radius 1 is 0.871 bits per heavy atom. The van der Waals surface area contributed by atoms with E-state index in [0.29, 0.717) is 22.6 Å². The molecule has 1 aromatic heterocycles. The average molecular weight is 431 g/mol. The van der Waals surface area contributed by atoms with Gasteiger partial charge in [0.15, 0.2) is 0 Å². The van der Waals surface area contributed by atoms with Crippen LogP contribution in [-0.2, 0) is 10.0 Å². The normalized spacial score (nSPS) is 11.3. The first-order valence-corrected chi connectivity index (χ1v) is 11.0. The zero-order valence-electron chi connectivity index (χ0n) is 16.9. The molecule has 7 nitrogen and oxygen atoms in total. The van der Waals surface area contributed by atoms with Gasteiger partial charge in [-0.3, -0.25) is 9.52 Å². The number of amides is 1. The number of sulfonamides is 1. The van der Waals surface area contributed by atoms with Crippen molar-refractivity contribution >= 4 is 38.3 Å². The largest absolute Gasteiger partial charge is 0.363 e. The van der Waals surface area contributed by atoms with E-state index in [9.17, 15) is 13.2 Å². The standard InChI is InChI=1S/C23H20N4O3S/c1-15-14-16(2)25-23(24-15)27-31(29,30)19-12-10-18(11-13-19)26-22(28)21-9-5-7-17-6-3-4-8-20(17)21/h3-14H,1-2H3,(H2,24,25,26,27,28)/p-1. The highest BCUT2D eigenvalue weighted by Gasteiger charge is 2.14. The molecular formula is C23H19N4O3S-. The van der Waals surface area contributed by atoms with Crippen molar-refractivity contribution in [3.05, 3.63) is 94.5 Å². The lowest BCUT2D eigenvalue weighted by molar-refractivity contribution is 0.102. The molecule has 0 saturated carbocycles. The number of benzene rings is 3. The van der Waals surface area contributed by atoms with Gasteiger partial charge < -0.3 is 15.3 Å². The van der Waals surface area contributed by atoms with E-state index in [1.165, 1.54) is 24.3 Å². The molecule has 31 heavy (non-hydrogen) atoms. The molecule has 0 spiro atoms. The van der Waals surface area contributed by atoms with E-state index in [1.54, 1.807) is 26.0 Å². The summed E-state index contributed by atoms with van der Waals surface area (Å²) in [6.45, 7) is 3.49. The van der Waals surface area contributed by atoms with Gasteiger partial charge in [-0.15, -0.1) is 0 Å². The molecule has 0 aliphatic rings. The van der Waals surface area contributed by atoms with Crippen LogP contribution in [0.15, 0.2) is 77.7 Å². The summed E-state index contributed by atoms with van der Waals surface area (Å²) in [6, 6.07) is 20.7. The summed E-state index contributed by atoms with van der Waals surface area (Å²) in [7, 11) is -3.99. The Labute approximate surface area is 180 Å². The number of carbonyl (C=O) groups excluding carboxylic acids is 1. The van der Waals surface area contributed by atoms with Gasteiger partial charge in [-0.05, 0) is 66.3 Å². The van der Waals surface area contributed by atoms with E-state index in [2.05, 4.69) is 20.0 Å². The number of rotatable bonds is 5. The van der Waals surface area contributed by atoms with Gasteiger partial charge in [0.2, 0.25) is 10.0 Å². The van der Waals surface area contributed by atoms with Gasteiger partial charge in [-0.2, -0.15) is 0 Å². The van der Waals surface area contributed by atoms with Crippen molar-refractivity contribution in [2.24, 2.45) is 0 Å². The summed E-state index contributed by atoms with van der Waals surface area (Å²) in [6.07, 6.45) is 0. The van der Waals surface area contributed by atoms with Crippen molar-refractivity contribution in [3.63, 3.8) is 0 Å². The van der Waals surface area contributed by atoms with Crippen LogP contribution in [0.1, 0.15) is 21.7 Å². The minimum absolute atomic E-state index is 0.0154. The minimum Gasteiger partial charge on any atom is -0.363 e. The molecule has 0 bridgehead atoms. The third-order valence-electron chi connectivity index (χ3n) is 4.62. The lowest BCUT2D eigenvalue weighted by Crippen LogP contribution is -2.12. The van der Waals surface area contributed by atoms with Crippen LogP contribution in [0.5, 0.6) is 0 Å². The molecule has 4 rings (SSSR count). The van der Waals surface area contributed by atoms with Gasteiger partial charge in [-0.1, -0.05) is 42.5 Å². The fraction of sp³-hybridized carbons (Fsp3) is 0.0870. The fourth-order valence-electron chi connectivity index (χ4n) is 3.24. The molecule has 156 valence electrons. The van der Waals surface area contributed by atoms with Gasteiger partial charge >= 0.3 is 0 Å². The van der Waals surface area contributed by atoms with Crippen LogP contribution < -0.4 is 5.32 Å². The first-order chi connectivity index (χ1) is 14.8. The zero-order chi connectivity index (χ0) is 22.0. The predicted octanol–water partition coefficient (Wildman–Crippen LogP) is 4.89. The maximum Gasteiger partial charge on any atom is 0.256 e. The molecule has 3 aromatic carbocycles.